The Hall–Kier alpha value is -0.970. The van der Waals surface area contributed by atoms with Crippen molar-refractivity contribution in [3.05, 3.63) is 5.82 Å². The molecule has 0 N–H and O–H groups in total. The maximum atomic E-state index is 4.04. The van der Waals surface area contributed by atoms with Crippen LogP contribution < -0.4 is 0 Å². The Kier molecular flexibility index (Phi) is 3.08. The number of aryl methyl sites for hydroxylation is 1. The van der Waals surface area contributed by atoms with Gasteiger partial charge in [-0.15, -0.1) is 5.10 Å². The van der Waals surface area contributed by atoms with Crippen LogP contribution in [-0.4, -0.2) is 38.2 Å². The zero-order chi connectivity index (χ0) is 9.80. The van der Waals surface area contributed by atoms with Crippen LogP contribution >= 0.6 is 0 Å². The van der Waals surface area contributed by atoms with E-state index in [1.165, 1.54) is 32.4 Å². The maximum Gasteiger partial charge on any atom is 0.165 e. The topological polar surface area (TPSA) is 46.8 Å². The van der Waals surface area contributed by atoms with E-state index in [1.54, 1.807) is 0 Å². The van der Waals surface area contributed by atoms with Gasteiger partial charge in [-0.25, -0.2) is 4.68 Å². The van der Waals surface area contributed by atoms with Gasteiger partial charge in [0.25, 0.3) is 0 Å². The Morgan fingerprint density at radius 1 is 1.21 bits per heavy atom. The standard InChI is InChI=1S/C9H17N5/c1-2-14-9(10-11-12-14)8-13-6-4-3-5-7-13/h2-8H2,1H3. The predicted molar refractivity (Wildman–Crippen MR) is 52.6 cm³/mol. The summed E-state index contributed by atoms with van der Waals surface area (Å²) in [6.07, 6.45) is 4.00. The van der Waals surface area contributed by atoms with Crippen LogP contribution in [0, 0.1) is 0 Å². The Labute approximate surface area is 84.1 Å². The summed E-state index contributed by atoms with van der Waals surface area (Å²) in [6.45, 7) is 6.21. The first-order valence-corrected chi connectivity index (χ1v) is 5.37. The Balaban J connectivity index is 1.95. The summed E-state index contributed by atoms with van der Waals surface area (Å²) in [6, 6.07) is 0. The largest absolute Gasteiger partial charge is 0.296 e. The molecule has 5 heteroatoms. The van der Waals surface area contributed by atoms with Gasteiger partial charge in [-0.05, 0) is 43.3 Å². The van der Waals surface area contributed by atoms with E-state index in [0.29, 0.717) is 0 Å². The molecule has 1 aromatic heterocycles. The second-order valence-corrected chi connectivity index (χ2v) is 3.75. The van der Waals surface area contributed by atoms with Crippen molar-refractivity contribution in [3.63, 3.8) is 0 Å². The molecule has 0 atom stereocenters. The molecule has 1 aliphatic rings. The van der Waals surface area contributed by atoms with Gasteiger partial charge < -0.3 is 0 Å². The average molecular weight is 195 g/mol. The second-order valence-electron chi connectivity index (χ2n) is 3.75. The maximum absolute atomic E-state index is 4.04. The van der Waals surface area contributed by atoms with Crippen LogP contribution in [0.25, 0.3) is 0 Å². The lowest BCUT2D eigenvalue weighted by molar-refractivity contribution is 0.212. The average Bonchev–Trinajstić information content (AvgIpc) is 2.67. The van der Waals surface area contributed by atoms with E-state index in [2.05, 4.69) is 27.3 Å². The number of piperidine rings is 1. The third-order valence-corrected chi connectivity index (χ3v) is 2.72. The molecule has 0 saturated carbocycles. The van der Waals surface area contributed by atoms with Crippen molar-refractivity contribution in [1.82, 2.24) is 25.1 Å². The molecule has 0 aromatic carbocycles. The number of hydrogen-bond donors (Lipinski definition) is 0. The van der Waals surface area contributed by atoms with E-state index in [4.69, 9.17) is 0 Å². The van der Waals surface area contributed by atoms with Crippen LogP contribution in [0.2, 0.25) is 0 Å². The van der Waals surface area contributed by atoms with Gasteiger partial charge in [-0.2, -0.15) is 0 Å². The van der Waals surface area contributed by atoms with Crippen LogP contribution in [0.5, 0.6) is 0 Å². The fourth-order valence-electron chi connectivity index (χ4n) is 1.90. The van der Waals surface area contributed by atoms with Gasteiger partial charge in [0, 0.05) is 6.54 Å². The van der Waals surface area contributed by atoms with Crippen LogP contribution in [0.15, 0.2) is 0 Å². The lowest BCUT2D eigenvalue weighted by Crippen LogP contribution is -2.30. The van der Waals surface area contributed by atoms with E-state index in [9.17, 15) is 0 Å². The molecule has 0 spiro atoms. The summed E-state index contributed by atoms with van der Waals surface area (Å²) in [7, 11) is 0. The zero-order valence-corrected chi connectivity index (χ0v) is 8.69. The first kappa shape index (κ1) is 9.58. The molecule has 0 unspecified atom stereocenters. The minimum Gasteiger partial charge on any atom is -0.296 e. The molecule has 5 nitrogen and oxygen atoms in total. The van der Waals surface area contributed by atoms with Crippen molar-refractivity contribution in [2.24, 2.45) is 0 Å². The lowest BCUT2D eigenvalue weighted by Gasteiger charge is -2.25. The molecule has 1 fully saturated rings. The normalized spacial score (nSPS) is 18.6. The molecule has 0 radical (unpaired) electrons. The zero-order valence-electron chi connectivity index (χ0n) is 8.69. The number of rotatable bonds is 3. The van der Waals surface area contributed by atoms with Crippen molar-refractivity contribution >= 4 is 0 Å². The SMILES string of the molecule is CCn1nnnc1CN1CCCCC1. The van der Waals surface area contributed by atoms with Crippen LogP contribution in [-0.2, 0) is 13.1 Å². The summed E-state index contributed by atoms with van der Waals surface area (Å²) >= 11 is 0. The summed E-state index contributed by atoms with van der Waals surface area (Å²) in [5.41, 5.74) is 0. The number of hydrogen-bond acceptors (Lipinski definition) is 4. The van der Waals surface area contributed by atoms with E-state index >= 15 is 0 Å². The second kappa shape index (κ2) is 4.50. The molecule has 1 aromatic rings. The van der Waals surface area contributed by atoms with E-state index in [1.807, 2.05) is 4.68 Å². The van der Waals surface area contributed by atoms with Crippen molar-refractivity contribution in [2.75, 3.05) is 13.1 Å². The first-order valence-electron chi connectivity index (χ1n) is 5.37. The first-order chi connectivity index (χ1) is 6.90. The summed E-state index contributed by atoms with van der Waals surface area (Å²) in [4.78, 5) is 2.43. The van der Waals surface area contributed by atoms with Crippen molar-refractivity contribution in [1.29, 1.82) is 0 Å². The third kappa shape index (κ3) is 2.09. The van der Waals surface area contributed by atoms with Gasteiger partial charge in [0.15, 0.2) is 5.82 Å². The highest BCUT2D eigenvalue weighted by Crippen LogP contribution is 2.10. The number of likely N-dealkylation sites (tertiary alicyclic amines) is 1. The highest BCUT2D eigenvalue weighted by Gasteiger charge is 2.13. The van der Waals surface area contributed by atoms with Crippen molar-refractivity contribution < 1.29 is 0 Å². The highest BCUT2D eigenvalue weighted by molar-refractivity contribution is 4.81. The molecule has 0 amide bonds. The van der Waals surface area contributed by atoms with Crippen LogP contribution in [0.3, 0.4) is 0 Å². The van der Waals surface area contributed by atoms with Gasteiger partial charge >= 0.3 is 0 Å². The van der Waals surface area contributed by atoms with Gasteiger partial charge in [-0.3, -0.25) is 4.90 Å². The molecule has 2 heterocycles. The minimum atomic E-state index is 0.857. The van der Waals surface area contributed by atoms with E-state index in [-0.39, 0.29) is 0 Å². The summed E-state index contributed by atoms with van der Waals surface area (Å²) in [5.74, 6) is 0.995. The Morgan fingerprint density at radius 2 is 2.00 bits per heavy atom. The Bertz CT molecular complexity index is 276. The third-order valence-electron chi connectivity index (χ3n) is 2.72. The smallest absolute Gasteiger partial charge is 0.165 e. The van der Waals surface area contributed by atoms with Gasteiger partial charge in [-0.1, -0.05) is 6.42 Å². The van der Waals surface area contributed by atoms with Gasteiger partial charge in [0.1, 0.15) is 0 Å². The molecular formula is C9H17N5. The highest BCUT2D eigenvalue weighted by atomic mass is 15.5. The van der Waals surface area contributed by atoms with Crippen LogP contribution in [0.4, 0.5) is 0 Å². The molecular weight excluding hydrogens is 178 g/mol. The Morgan fingerprint density at radius 3 is 2.71 bits per heavy atom. The number of aromatic nitrogens is 4. The summed E-state index contributed by atoms with van der Waals surface area (Å²) < 4.78 is 1.87. The van der Waals surface area contributed by atoms with Crippen molar-refractivity contribution in [3.8, 4) is 0 Å². The fourth-order valence-corrected chi connectivity index (χ4v) is 1.90. The van der Waals surface area contributed by atoms with Gasteiger partial charge in [0.05, 0.1) is 6.54 Å². The summed E-state index contributed by atoms with van der Waals surface area (Å²) in [5, 5.41) is 11.7. The molecule has 0 bridgehead atoms. The van der Waals surface area contributed by atoms with Crippen LogP contribution in [0.1, 0.15) is 32.0 Å². The van der Waals surface area contributed by atoms with E-state index < -0.39 is 0 Å². The number of tetrazole rings is 1. The molecule has 2 rings (SSSR count). The quantitative estimate of drug-likeness (QED) is 0.711. The number of nitrogens with zero attached hydrogens (tertiary/aromatic N) is 5. The molecule has 1 saturated heterocycles. The van der Waals surface area contributed by atoms with E-state index in [0.717, 1.165) is 18.9 Å². The molecule has 14 heavy (non-hydrogen) atoms. The predicted octanol–water partition coefficient (Wildman–Crippen LogP) is 0.679. The minimum absolute atomic E-state index is 0.857. The van der Waals surface area contributed by atoms with Gasteiger partial charge in [0.2, 0.25) is 0 Å². The van der Waals surface area contributed by atoms with Crippen molar-refractivity contribution in [2.45, 2.75) is 39.3 Å². The fraction of sp³-hybridized carbons (Fsp3) is 0.889. The molecule has 1 aliphatic heterocycles. The molecule has 0 aliphatic carbocycles. The molecule has 78 valence electrons. The lowest BCUT2D eigenvalue weighted by atomic mass is 10.1. The monoisotopic (exact) mass is 195 g/mol.